The second-order valence-electron chi connectivity index (χ2n) is 3.84. The maximum atomic E-state index is 4.73. The molecule has 1 saturated heterocycles. The summed E-state index contributed by atoms with van der Waals surface area (Å²) in [6, 6.07) is 0.571. The lowest BCUT2D eigenvalue weighted by atomic mass is 10.1. The summed E-state index contributed by atoms with van der Waals surface area (Å²) >= 11 is 2.01. The van der Waals surface area contributed by atoms with Gasteiger partial charge in [0.25, 0.3) is 0 Å². The van der Waals surface area contributed by atoms with Gasteiger partial charge in [-0.3, -0.25) is 4.99 Å². The zero-order valence-electron chi connectivity index (χ0n) is 7.71. The molecule has 0 amide bonds. The number of fused-ring (bicyclic) bond motifs is 1. The lowest BCUT2D eigenvalue weighted by molar-refractivity contribution is 0.478. The first kappa shape index (κ1) is 8.57. The SMILES string of the molecule is CC(C)C1=NC2CNCCC2S1. The van der Waals surface area contributed by atoms with Crippen LogP contribution < -0.4 is 5.32 Å². The monoisotopic (exact) mass is 184 g/mol. The van der Waals surface area contributed by atoms with Crippen LogP contribution in [0.1, 0.15) is 20.3 Å². The molecule has 0 aliphatic carbocycles. The number of rotatable bonds is 1. The third-order valence-corrected chi connectivity index (χ3v) is 4.12. The highest BCUT2D eigenvalue weighted by Gasteiger charge is 2.32. The maximum Gasteiger partial charge on any atom is 0.0756 e. The summed E-state index contributed by atoms with van der Waals surface area (Å²) in [5, 5.41) is 5.55. The summed E-state index contributed by atoms with van der Waals surface area (Å²) in [7, 11) is 0. The van der Waals surface area contributed by atoms with Crippen molar-refractivity contribution in [1.82, 2.24) is 5.32 Å². The molecule has 12 heavy (non-hydrogen) atoms. The van der Waals surface area contributed by atoms with Crippen molar-refractivity contribution in [3.63, 3.8) is 0 Å². The summed E-state index contributed by atoms with van der Waals surface area (Å²) in [6.07, 6.45) is 1.29. The summed E-state index contributed by atoms with van der Waals surface area (Å²) in [5.41, 5.74) is 0. The van der Waals surface area contributed by atoms with Crippen LogP contribution in [-0.4, -0.2) is 29.4 Å². The highest BCUT2D eigenvalue weighted by Crippen LogP contribution is 2.33. The van der Waals surface area contributed by atoms with Crippen molar-refractivity contribution >= 4 is 16.8 Å². The van der Waals surface area contributed by atoms with E-state index in [1.807, 2.05) is 11.8 Å². The van der Waals surface area contributed by atoms with Gasteiger partial charge in [-0.15, -0.1) is 11.8 Å². The van der Waals surface area contributed by atoms with Crippen LogP contribution in [0.3, 0.4) is 0 Å². The Morgan fingerprint density at radius 3 is 3.08 bits per heavy atom. The topological polar surface area (TPSA) is 24.4 Å². The Hall–Kier alpha value is -0.0200. The standard InChI is InChI=1S/C9H16N2S/c1-6(2)9-11-7-5-10-4-3-8(7)12-9/h6-8,10H,3-5H2,1-2H3. The average Bonchev–Trinajstić information content (AvgIpc) is 2.46. The van der Waals surface area contributed by atoms with Gasteiger partial charge in [0.1, 0.15) is 0 Å². The third-order valence-electron chi connectivity index (χ3n) is 2.45. The van der Waals surface area contributed by atoms with Gasteiger partial charge >= 0.3 is 0 Å². The molecule has 1 fully saturated rings. The van der Waals surface area contributed by atoms with Crippen LogP contribution >= 0.6 is 11.8 Å². The van der Waals surface area contributed by atoms with Crippen LogP contribution in [0.4, 0.5) is 0 Å². The normalized spacial score (nSPS) is 35.1. The quantitative estimate of drug-likeness (QED) is 0.668. The lowest BCUT2D eigenvalue weighted by Crippen LogP contribution is -2.39. The third kappa shape index (κ3) is 1.52. The van der Waals surface area contributed by atoms with E-state index in [0.717, 1.165) is 11.8 Å². The smallest absolute Gasteiger partial charge is 0.0756 e. The first-order chi connectivity index (χ1) is 5.77. The molecule has 0 aromatic heterocycles. The predicted octanol–water partition coefficient (Wildman–Crippen LogP) is 1.52. The highest BCUT2D eigenvalue weighted by molar-refractivity contribution is 8.14. The van der Waals surface area contributed by atoms with Gasteiger partial charge in [0, 0.05) is 17.7 Å². The number of thioether (sulfide) groups is 1. The molecule has 0 aromatic carbocycles. The molecule has 0 bridgehead atoms. The molecule has 0 spiro atoms. The molecular weight excluding hydrogens is 168 g/mol. The van der Waals surface area contributed by atoms with Crippen molar-refractivity contribution in [2.75, 3.05) is 13.1 Å². The Bertz CT molecular complexity index is 201. The molecular formula is C9H16N2S. The molecule has 0 aromatic rings. The number of hydrogen-bond donors (Lipinski definition) is 1. The van der Waals surface area contributed by atoms with E-state index in [0.29, 0.717) is 12.0 Å². The molecule has 3 heteroatoms. The van der Waals surface area contributed by atoms with E-state index in [9.17, 15) is 0 Å². The van der Waals surface area contributed by atoms with E-state index in [2.05, 4.69) is 19.2 Å². The summed E-state index contributed by atoms with van der Waals surface area (Å²) in [6.45, 7) is 6.73. The van der Waals surface area contributed by atoms with Gasteiger partial charge in [-0.1, -0.05) is 13.8 Å². The van der Waals surface area contributed by atoms with Crippen molar-refractivity contribution < 1.29 is 0 Å². The van der Waals surface area contributed by atoms with Gasteiger partial charge in [-0.05, 0) is 13.0 Å². The van der Waals surface area contributed by atoms with Crippen LogP contribution in [0.5, 0.6) is 0 Å². The largest absolute Gasteiger partial charge is 0.315 e. The molecule has 2 aliphatic heterocycles. The Kier molecular flexibility index (Phi) is 2.42. The van der Waals surface area contributed by atoms with Crippen molar-refractivity contribution in [1.29, 1.82) is 0 Å². The zero-order valence-corrected chi connectivity index (χ0v) is 8.53. The molecule has 1 N–H and O–H groups in total. The van der Waals surface area contributed by atoms with Gasteiger partial charge in [0.2, 0.25) is 0 Å². The van der Waals surface area contributed by atoms with E-state index in [1.54, 1.807) is 0 Å². The molecule has 2 aliphatic rings. The fourth-order valence-corrected chi connectivity index (χ4v) is 3.05. The average molecular weight is 184 g/mol. The molecule has 68 valence electrons. The summed E-state index contributed by atoms with van der Waals surface area (Å²) < 4.78 is 0. The second kappa shape index (κ2) is 3.38. The van der Waals surface area contributed by atoms with Gasteiger partial charge in [0.05, 0.1) is 11.1 Å². The van der Waals surface area contributed by atoms with Crippen molar-refractivity contribution in [2.45, 2.75) is 31.6 Å². The van der Waals surface area contributed by atoms with Gasteiger partial charge in [-0.25, -0.2) is 0 Å². The van der Waals surface area contributed by atoms with E-state index in [1.165, 1.54) is 18.0 Å². The summed E-state index contributed by atoms with van der Waals surface area (Å²) in [5.74, 6) is 0.626. The fourth-order valence-electron chi connectivity index (χ4n) is 1.72. The highest BCUT2D eigenvalue weighted by atomic mass is 32.2. The molecule has 2 unspecified atom stereocenters. The second-order valence-corrected chi connectivity index (χ2v) is 5.10. The minimum atomic E-state index is 0.571. The van der Waals surface area contributed by atoms with Crippen LogP contribution in [0.25, 0.3) is 0 Å². The number of nitrogens with zero attached hydrogens (tertiary/aromatic N) is 1. The Morgan fingerprint density at radius 1 is 1.58 bits per heavy atom. The Balaban J connectivity index is 2.04. The van der Waals surface area contributed by atoms with E-state index >= 15 is 0 Å². The lowest BCUT2D eigenvalue weighted by Gasteiger charge is -2.23. The van der Waals surface area contributed by atoms with Crippen LogP contribution in [0.15, 0.2) is 4.99 Å². The number of aliphatic imine (C=N–C) groups is 1. The predicted molar refractivity (Wildman–Crippen MR) is 54.9 cm³/mol. The van der Waals surface area contributed by atoms with Gasteiger partial charge in [-0.2, -0.15) is 0 Å². The number of nitrogens with one attached hydrogen (secondary N) is 1. The molecule has 0 radical (unpaired) electrons. The fraction of sp³-hybridized carbons (Fsp3) is 0.889. The molecule has 2 atom stereocenters. The Labute approximate surface area is 78.2 Å². The van der Waals surface area contributed by atoms with Gasteiger partial charge < -0.3 is 5.32 Å². The Morgan fingerprint density at radius 2 is 2.42 bits per heavy atom. The van der Waals surface area contributed by atoms with Crippen LogP contribution in [-0.2, 0) is 0 Å². The van der Waals surface area contributed by atoms with E-state index in [4.69, 9.17) is 4.99 Å². The molecule has 2 rings (SSSR count). The maximum absolute atomic E-state index is 4.73. The molecule has 0 saturated carbocycles. The first-order valence-electron chi connectivity index (χ1n) is 4.72. The van der Waals surface area contributed by atoms with E-state index < -0.39 is 0 Å². The summed E-state index contributed by atoms with van der Waals surface area (Å²) in [4.78, 5) is 4.73. The van der Waals surface area contributed by atoms with Gasteiger partial charge in [0.15, 0.2) is 0 Å². The molecule has 2 nitrogen and oxygen atoms in total. The van der Waals surface area contributed by atoms with Crippen molar-refractivity contribution in [3.8, 4) is 0 Å². The van der Waals surface area contributed by atoms with Crippen molar-refractivity contribution in [3.05, 3.63) is 0 Å². The van der Waals surface area contributed by atoms with E-state index in [-0.39, 0.29) is 0 Å². The number of piperidine rings is 1. The molecule has 2 heterocycles. The number of hydrogen-bond acceptors (Lipinski definition) is 3. The zero-order chi connectivity index (χ0) is 8.55. The minimum absolute atomic E-state index is 0.571. The first-order valence-corrected chi connectivity index (χ1v) is 5.60. The minimum Gasteiger partial charge on any atom is -0.315 e. The van der Waals surface area contributed by atoms with Crippen LogP contribution in [0.2, 0.25) is 0 Å². The van der Waals surface area contributed by atoms with Crippen LogP contribution in [0, 0.1) is 5.92 Å². The van der Waals surface area contributed by atoms with Crippen molar-refractivity contribution in [2.24, 2.45) is 10.9 Å².